The molecule has 0 aromatic heterocycles. The first-order chi connectivity index (χ1) is 9.29. The van der Waals surface area contributed by atoms with Crippen molar-refractivity contribution in [2.24, 2.45) is 0 Å². The molecule has 19 heavy (non-hydrogen) atoms. The highest BCUT2D eigenvalue weighted by molar-refractivity contribution is 5.95. The van der Waals surface area contributed by atoms with E-state index in [0.29, 0.717) is 31.2 Å². The third-order valence-electron chi connectivity index (χ3n) is 2.66. The fraction of sp³-hybridized carbons (Fsp3) is 0.385. The molecule has 6 nitrogen and oxygen atoms in total. The molecule has 1 aliphatic heterocycles. The molecule has 1 aliphatic rings. The zero-order valence-corrected chi connectivity index (χ0v) is 10.4. The Balaban J connectivity index is 1.88. The average Bonchev–Trinajstić information content (AvgIpc) is 2.47. The molecule has 100 valence electrons. The molecule has 0 radical (unpaired) electrons. The Hall–Kier alpha value is -2.10. The quantitative estimate of drug-likeness (QED) is 0.825. The van der Waals surface area contributed by atoms with Gasteiger partial charge in [-0.2, -0.15) is 5.26 Å². The summed E-state index contributed by atoms with van der Waals surface area (Å²) in [4.78, 5) is 11.9. The number of ether oxygens (including phenoxy) is 2. The second kappa shape index (κ2) is 6.73. The maximum Gasteiger partial charge on any atom is 0.243 e. The number of benzene rings is 1. The molecule has 1 aromatic rings. The van der Waals surface area contributed by atoms with Crippen LogP contribution in [-0.4, -0.2) is 38.3 Å². The van der Waals surface area contributed by atoms with Gasteiger partial charge in [0, 0.05) is 12.2 Å². The molecule has 0 saturated carbocycles. The van der Waals surface area contributed by atoms with E-state index in [1.807, 2.05) is 6.07 Å². The number of nitriles is 1. The van der Waals surface area contributed by atoms with Gasteiger partial charge in [-0.15, -0.1) is 0 Å². The highest BCUT2D eigenvalue weighted by atomic mass is 16.5. The smallest absolute Gasteiger partial charge is 0.243 e. The topological polar surface area (TPSA) is 83.4 Å². The van der Waals surface area contributed by atoms with Crippen molar-refractivity contribution in [2.45, 2.75) is 6.04 Å². The number of hydrogen-bond acceptors (Lipinski definition) is 5. The van der Waals surface area contributed by atoms with Gasteiger partial charge in [-0.05, 0) is 24.3 Å². The molecule has 1 amide bonds. The lowest BCUT2D eigenvalue weighted by Gasteiger charge is -2.22. The van der Waals surface area contributed by atoms with Gasteiger partial charge in [-0.25, -0.2) is 0 Å². The van der Waals surface area contributed by atoms with E-state index in [1.54, 1.807) is 24.3 Å². The summed E-state index contributed by atoms with van der Waals surface area (Å²) in [6.45, 7) is 1.71. The van der Waals surface area contributed by atoms with Crippen LogP contribution in [0.1, 0.15) is 0 Å². The number of rotatable bonds is 4. The Morgan fingerprint density at radius 2 is 2.32 bits per heavy atom. The van der Waals surface area contributed by atoms with E-state index >= 15 is 0 Å². The second-order valence-corrected chi connectivity index (χ2v) is 4.04. The molecule has 0 aliphatic carbocycles. The van der Waals surface area contributed by atoms with E-state index in [-0.39, 0.29) is 18.6 Å². The van der Waals surface area contributed by atoms with Gasteiger partial charge in [0.2, 0.25) is 5.91 Å². The van der Waals surface area contributed by atoms with Crippen LogP contribution >= 0.6 is 0 Å². The van der Waals surface area contributed by atoms with E-state index in [0.717, 1.165) is 0 Å². The molecular weight excluding hydrogens is 246 g/mol. The third kappa shape index (κ3) is 3.95. The largest absolute Gasteiger partial charge is 0.479 e. The molecule has 0 spiro atoms. The van der Waals surface area contributed by atoms with Crippen molar-refractivity contribution in [3.63, 3.8) is 0 Å². The Bertz CT molecular complexity index is 461. The summed E-state index contributed by atoms with van der Waals surface area (Å²) in [5, 5.41) is 14.3. The van der Waals surface area contributed by atoms with Crippen molar-refractivity contribution in [2.75, 3.05) is 31.7 Å². The monoisotopic (exact) mass is 261 g/mol. The third-order valence-corrected chi connectivity index (χ3v) is 2.66. The Morgan fingerprint density at radius 1 is 1.53 bits per heavy atom. The van der Waals surface area contributed by atoms with E-state index < -0.39 is 0 Å². The number of morpholine rings is 1. The van der Waals surface area contributed by atoms with Crippen LogP contribution in [0.5, 0.6) is 5.75 Å². The van der Waals surface area contributed by atoms with Crippen molar-refractivity contribution in [3.8, 4) is 11.8 Å². The molecule has 2 N–H and O–H groups in total. The lowest BCUT2D eigenvalue weighted by atomic mass is 10.2. The van der Waals surface area contributed by atoms with Gasteiger partial charge in [0.1, 0.15) is 17.9 Å². The average molecular weight is 261 g/mol. The van der Waals surface area contributed by atoms with Crippen LogP contribution in [-0.2, 0) is 9.53 Å². The van der Waals surface area contributed by atoms with Crippen molar-refractivity contribution in [1.82, 2.24) is 5.32 Å². The van der Waals surface area contributed by atoms with Crippen LogP contribution in [0.2, 0.25) is 0 Å². The number of carbonyl (C=O) groups is 1. The van der Waals surface area contributed by atoms with Gasteiger partial charge in [-0.3, -0.25) is 4.79 Å². The standard InChI is InChI=1S/C13H15N3O3/c14-5-7-19-11-3-1-10(2-4-11)16-13(17)12-9-18-8-6-15-12/h1-4,12,15H,6-9H2,(H,16,17). The molecule has 1 aromatic carbocycles. The summed E-state index contributed by atoms with van der Waals surface area (Å²) in [5.41, 5.74) is 0.682. The van der Waals surface area contributed by atoms with Gasteiger partial charge in [-0.1, -0.05) is 0 Å². The van der Waals surface area contributed by atoms with Crippen LogP contribution in [0.15, 0.2) is 24.3 Å². The molecular formula is C13H15N3O3. The summed E-state index contributed by atoms with van der Waals surface area (Å²) in [6, 6.07) is 8.45. The summed E-state index contributed by atoms with van der Waals surface area (Å²) in [7, 11) is 0. The summed E-state index contributed by atoms with van der Waals surface area (Å²) in [6.07, 6.45) is 0. The number of hydrogen-bond donors (Lipinski definition) is 2. The predicted octanol–water partition coefficient (Wildman–Crippen LogP) is 0.516. The SMILES string of the molecule is N#CCOc1ccc(NC(=O)C2COCCN2)cc1. The first kappa shape index (κ1) is 13.3. The molecule has 6 heteroatoms. The van der Waals surface area contributed by atoms with Crippen molar-refractivity contribution in [1.29, 1.82) is 5.26 Å². The summed E-state index contributed by atoms with van der Waals surface area (Å²) in [5.74, 6) is 0.476. The molecule has 1 heterocycles. The lowest BCUT2D eigenvalue weighted by Crippen LogP contribution is -2.48. The molecule has 1 unspecified atom stereocenters. The van der Waals surface area contributed by atoms with Crippen LogP contribution < -0.4 is 15.4 Å². The fourth-order valence-electron chi connectivity index (χ4n) is 1.71. The van der Waals surface area contributed by atoms with Crippen LogP contribution in [0.3, 0.4) is 0 Å². The number of amides is 1. The number of anilines is 1. The van der Waals surface area contributed by atoms with Gasteiger partial charge < -0.3 is 20.1 Å². The number of nitrogens with zero attached hydrogens (tertiary/aromatic N) is 1. The second-order valence-electron chi connectivity index (χ2n) is 4.04. The zero-order chi connectivity index (χ0) is 13.5. The van der Waals surface area contributed by atoms with Gasteiger partial charge in [0.15, 0.2) is 6.61 Å². The lowest BCUT2D eigenvalue weighted by molar-refractivity contribution is -0.120. The van der Waals surface area contributed by atoms with Crippen molar-refractivity contribution >= 4 is 11.6 Å². The summed E-state index contributed by atoms with van der Waals surface area (Å²) < 4.78 is 10.4. The number of nitrogens with one attached hydrogen (secondary N) is 2. The fourth-order valence-corrected chi connectivity index (χ4v) is 1.71. The summed E-state index contributed by atoms with van der Waals surface area (Å²) >= 11 is 0. The van der Waals surface area contributed by atoms with Gasteiger partial charge >= 0.3 is 0 Å². The van der Waals surface area contributed by atoms with Crippen molar-refractivity contribution < 1.29 is 14.3 Å². The highest BCUT2D eigenvalue weighted by Crippen LogP contribution is 2.15. The maximum atomic E-state index is 11.9. The first-order valence-electron chi connectivity index (χ1n) is 6.01. The molecule has 1 atom stereocenters. The highest BCUT2D eigenvalue weighted by Gasteiger charge is 2.20. The Labute approximate surface area is 111 Å². The van der Waals surface area contributed by atoms with E-state index in [4.69, 9.17) is 14.7 Å². The molecule has 2 rings (SSSR count). The molecule has 0 bridgehead atoms. The minimum absolute atomic E-state index is 0.00897. The molecule has 1 fully saturated rings. The molecule has 1 saturated heterocycles. The van der Waals surface area contributed by atoms with E-state index in [2.05, 4.69) is 10.6 Å². The van der Waals surface area contributed by atoms with E-state index in [1.165, 1.54) is 0 Å². The Morgan fingerprint density at radius 3 is 2.95 bits per heavy atom. The first-order valence-corrected chi connectivity index (χ1v) is 6.01. The normalized spacial score (nSPS) is 18.4. The van der Waals surface area contributed by atoms with Crippen LogP contribution in [0.4, 0.5) is 5.69 Å². The van der Waals surface area contributed by atoms with E-state index in [9.17, 15) is 4.79 Å². The van der Waals surface area contributed by atoms with Crippen molar-refractivity contribution in [3.05, 3.63) is 24.3 Å². The minimum Gasteiger partial charge on any atom is -0.479 e. The van der Waals surface area contributed by atoms with Gasteiger partial charge in [0.05, 0.1) is 13.2 Å². The minimum atomic E-state index is -0.316. The zero-order valence-electron chi connectivity index (χ0n) is 10.4. The predicted molar refractivity (Wildman–Crippen MR) is 68.8 cm³/mol. The number of carbonyl (C=O) groups excluding carboxylic acids is 1. The Kier molecular flexibility index (Phi) is 4.72. The maximum absolute atomic E-state index is 11.9. The van der Waals surface area contributed by atoms with Crippen LogP contribution in [0.25, 0.3) is 0 Å². The van der Waals surface area contributed by atoms with Gasteiger partial charge in [0.25, 0.3) is 0 Å². The van der Waals surface area contributed by atoms with Crippen LogP contribution in [0, 0.1) is 11.3 Å².